The SMILES string of the molecule is COC(=O)c1cc(CNC(=O)C2CC3CCC(C2)C32SCCS2)ccc1OC. The summed E-state index contributed by atoms with van der Waals surface area (Å²) in [4.78, 5) is 24.8. The normalized spacial score (nSPS) is 27.6. The Labute approximate surface area is 174 Å². The molecule has 152 valence electrons. The van der Waals surface area contributed by atoms with Crippen LogP contribution in [0, 0.1) is 17.8 Å². The Hall–Kier alpha value is -1.34. The maximum absolute atomic E-state index is 12.9. The van der Waals surface area contributed by atoms with Gasteiger partial charge >= 0.3 is 5.97 Å². The van der Waals surface area contributed by atoms with E-state index in [1.54, 1.807) is 12.1 Å². The van der Waals surface area contributed by atoms with Gasteiger partial charge in [-0.3, -0.25) is 4.79 Å². The standard InChI is InChI=1S/C21H27NO4S2/c1-25-18-6-3-13(9-17(18)20(24)26-2)12-22-19(23)14-10-15-4-5-16(11-14)21(15)27-7-8-28-21/h3,6,9,14-16H,4-5,7-8,10-12H2,1-2H3,(H,22,23). The number of hydrogen-bond acceptors (Lipinski definition) is 6. The number of carbonyl (C=O) groups excluding carboxylic acids is 2. The highest BCUT2D eigenvalue weighted by Crippen LogP contribution is 2.65. The first kappa shape index (κ1) is 20.0. The fourth-order valence-corrected chi connectivity index (χ4v) is 9.02. The van der Waals surface area contributed by atoms with E-state index in [1.807, 2.05) is 6.07 Å². The molecule has 1 aliphatic heterocycles. The van der Waals surface area contributed by atoms with Crippen LogP contribution in [0.5, 0.6) is 5.75 Å². The topological polar surface area (TPSA) is 64.6 Å². The minimum Gasteiger partial charge on any atom is -0.496 e. The lowest BCUT2D eigenvalue weighted by Gasteiger charge is -2.42. The number of amides is 1. The third kappa shape index (κ3) is 3.52. The van der Waals surface area contributed by atoms with Crippen molar-refractivity contribution in [1.82, 2.24) is 5.32 Å². The predicted octanol–water partition coefficient (Wildman–Crippen LogP) is 3.71. The third-order valence-corrected chi connectivity index (χ3v) is 10.4. The molecule has 28 heavy (non-hydrogen) atoms. The maximum Gasteiger partial charge on any atom is 0.341 e. The maximum atomic E-state index is 12.9. The van der Waals surface area contributed by atoms with E-state index in [0.717, 1.165) is 18.4 Å². The summed E-state index contributed by atoms with van der Waals surface area (Å²) in [6.45, 7) is 0.410. The second-order valence-corrected chi connectivity index (χ2v) is 10.8. The molecule has 4 rings (SSSR count). The molecule has 2 bridgehead atoms. The van der Waals surface area contributed by atoms with Gasteiger partial charge < -0.3 is 14.8 Å². The van der Waals surface area contributed by atoms with Crippen molar-refractivity contribution < 1.29 is 19.1 Å². The molecule has 2 unspecified atom stereocenters. The van der Waals surface area contributed by atoms with Crippen LogP contribution in [0.4, 0.5) is 0 Å². The zero-order valence-electron chi connectivity index (χ0n) is 16.4. The zero-order valence-corrected chi connectivity index (χ0v) is 18.0. The predicted molar refractivity (Wildman–Crippen MR) is 113 cm³/mol. The summed E-state index contributed by atoms with van der Waals surface area (Å²) in [5.74, 6) is 4.16. The van der Waals surface area contributed by atoms with E-state index in [0.29, 0.717) is 33.8 Å². The minimum absolute atomic E-state index is 0.114. The Kier molecular flexibility index (Phi) is 5.83. The molecule has 1 saturated heterocycles. The Bertz CT molecular complexity index is 747. The molecule has 1 heterocycles. The number of hydrogen-bond donors (Lipinski definition) is 1. The molecule has 1 N–H and O–H groups in total. The average molecular weight is 422 g/mol. The number of ether oxygens (including phenoxy) is 2. The van der Waals surface area contributed by atoms with Crippen LogP contribution in [0.1, 0.15) is 41.6 Å². The second kappa shape index (κ2) is 8.19. The van der Waals surface area contributed by atoms with Crippen molar-refractivity contribution in [3.8, 4) is 5.75 Å². The molecule has 3 fully saturated rings. The van der Waals surface area contributed by atoms with Crippen molar-refractivity contribution in [2.45, 2.75) is 36.3 Å². The van der Waals surface area contributed by atoms with Gasteiger partial charge in [0.15, 0.2) is 0 Å². The fraction of sp³-hybridized carbons (Fsp3) is 0.619. The van der Waals surface area contributed by atoms with Gasteiger partial charge in [0.1, 0.15) is 11.3 Å². The van der Waals surface area contributed by atoms with Crippen molar-refractivity contribution in [3.05, 3.63) is 29.3 Å². The molecule has 2 saturated carbocycles. The van der Waals surface area contributed by atoms with Crippen molar-refractivity contribution in [2.75, 3.05) is 25.7 Å². The first-order chi connectivity index (χ1) is 13.6. The summed E-state index contributed by atoms with van der Waals surface area (Å²) in [6, 6.07) is 5.35. The lowest BCUT2D eigenvalue weighted by atomic mass is 9.79. The van der Waals surface area contributed by atoms with Gasteiger partial charge in [-0.25, -0.2) is 4.79 Å². The van der Waals surface area contributed by atoms with Crippen LogP contribution in [0.25, 0.3) is 0 Å². The van der Waals surface area contributed by atoms with E-state index < -0.39 is 5.97 Å². The number of thioether (sulfide) groups is 2. The summed E-state index contributed by atoms with van der Waals surface area (Å²) in [7, 11) is 2.87. The highest BCUT2D eigenvalue weighted by molar-refractivity contribution is 8.21. The van der Waals surface area contributed by atoms with E-state index in [2.05, 4.69) is 28.8 Å². The van der Waals surface area contributed by atoms with Crippen molar-refractivity contribution >= 4 is 35.4 Å². The van der Waals surface area contributed by atoms with Crippen LogP contribution in [0.3, 0.4) is 0 Å². The summed E-state index contributed by atoms with van der Waals surface area (Å²) >= 11 is 4.31. The number of benzene rings is 1. The average Bonchev–Trinajstić information content (AvgIpc) is 3.26. The molecule has 1 aromatic rings. The molecule has 5 nitrogen and oxygen atoms in total. The Balaban J connectivity index is 1.38. The molecule has 0 radical (unpaired) electrons. The molecule has 0 aromatic heterocycles. The van der Waals surface area contributed by atoms with E-state index >= 15 is 0 Å². The number of rotatable bonds is 5. The summed E-state index contributed by atoms with van der Waals surface area (Å²) in [5, 5.41) is 3.09. The van der Waals surface area contributed by atoms with Crippen LogP contribution < -0.4 is 10.1 Å². The Morgan fingerprint density at radius 3 is 2.43 bits per heavy atom. The summed E-state index contributed by atoms with van der Waals surface area (Å²) in [5.41, 5.74) is 1.25. The summed E-state index contributed by atoms with van der Waals surface area (Å²) in [6.07, 6.45) is 4.57. The minimum atomic E-state index is -0.439. The fourth-order valence-electron chi connectivity index (χ4n) is 5.08. The second-order valence-electron chi connectivity index (χ2n) is 7.80. The molecular formula is C21H27NO4S2. The lowest BCUT2D eigenvalue weighted by molar-refractivity contribution is -0.126. The van der Waals surface area contributed by atoms with E-state index in [9.17, 15) is 9.59 Å². The monoisotopic (exact) mass is 421 g/mol. The number of nitrogens with one attached hydrogen (secondary N) is 1. The van der Waals surface area contributed by atoms with Crippen molar-refractivity contribution in [2.24, 2.45) is 17.8 Å². The largest absolute Gasteiger partial charge is 0.496 e. The van der Waals surface area contributed by atoms with Gasteiger partial charge in [0.25, 0.3) is 0 Å². The van der Waals surface area contributed by atoms with Gasteiger partial charge in [0.05, 0.1) is 18.3 Å². The first-order valence-electron chi connectivity index (χ1n) is 9.88. The molecular weight excluding hydrogens is 394 g/mol. The van der Waals surface area contributed by atoms with Crippen molar-refractivity contribution in [3.63, 3.8) is 0 Å². The van der Waals surface area contributed by atoms with Gasteiger partial charge in [-0.15, -0.1) is 23.5 Å². The highest BCUT2D eigenvalue weighted by Gasteiger charge is 2.57. The van der Waals surface area contributed by atoms with Crippen LogP contribution in [0.2, 0.25) is 0 Å². The van der Waals surface area contributed by atoms with Gasteiger partial charge in [0.2, 0.25) is 5.91 Å². The third-order valence-electron chi connectivity index (χ3n) is 6.39. The summed E-state index contributed by atoms with van der Waals surface area (Å²) < 4.78 is 10.5. The van der Waals surface area contributed by atoms with Crippen molar-refractivity contribution in [1.29, 1.82) is 0 Å². The van der Waals surface area contributed by atoms with Gasteiger partial charge in [-0.1, -0.05) is 6.07 Å². The van der Waals surface area contributed by atoms with E-state index in [-0.39, 0.29) is 11.8 Å². The highest BCUT2D eigenvalue weighted by atomic mass is 32.2. The molecule has 1 spiro atoms. The van der Waals surface area contributed by atoms with Gasteiger partial charge in [-0.2, -0.15) is 0 Å². The molecule has 2 atom stereocenters. The molecule has 7 heteroatoms. The number of esters is 1. The first-order valence-corrected chi connectivity index (χ1v) is 11.9. The number of methoxy groups -OCH3 is 2. The van der Waals surface area contributed by atoms with Gasteiger partial charge in [0, 0.05) is 24.0 Å². The van der Waals surface area contributed by atoms with E-state index in [4.69, 9.17) is 9.47 Å². The molecule has 3 aliphatic rings. The quantitative estimate of drug-likeness (QED) is 0.731. The van der Waals surface area contributed by atoms with Gasteiger partial charge in [-0.05, 0) is 55.2 Å². The van der Waals surface area contributed by atoms with Crippen LogP contribution in [-0.4, -0.2) is 41.7 Å². The molecule has 1 amide bonds. The van der Waals surface area contributed by atoms with E-state index in [1.165, 1.54) is 38.6 Å². The molecule has 2 aliphatic carbocycles. The Morgan fingerprint density at radius 2 is 1.82 bits per heavy atom. The van der Waals surface area contributed by atoms with Crippen LogP contribution in [-0.2, 0) is 16.1 Å². The van der Waals surface area contributed by atoms with Crippen LogP contribution in [0.15, 0.2) is 18.2 Å². The number of carbonyl (C=O) groups is 2. The van der Waals surface area contributed by atoms with Crippen LogP contribution >= 0.6 is 23.5 Å². The molecule has 1 aromatic carbocycles. The lowest BCUT2D eigenvalue weighted by Crippen LogP contribution is -2.42. The Morgan fingerprint density at radius 1 is 1.14 bits per heavy atom. The smallest absolute Gasteiger partial charge is 0.341 e. The zero-order chi connectivity index (χ0) is 19.7.